The Labute approximate surface area is 177 Å². The maximum atomic E-state index is 13.5. The molecule has 2 aliphatic heterocycles. The molecular formula is C22H31N3O5. The molecule has 30 heavy (non-hydrogen) atoms. The maximum Gasteiger partial charge on any atom is 0.322 e. The van der Waals surface area contributed by atoms with Gasteiger partial charge in [0.1, 0.15) is 11.5 Å². The van der Waals surface area contributed by atoms with Crippen molar-refractivity contribution in [3.63, 3.8) is 0 Å². The molecule has 1 N–H and O–H groups in total. The average Bonchev–Trinajstić information content (AvgIpc) is 3.52. The summed E-state index contributed by atoms with van der Waals surface area (Å²) < 4.78 is 16.2. The van der Waals surface area contributed by atoms with Gasteiger partial charge >= 0.3 is 6.03 Å². The summed E-state index contributed by atoms with van der Waals surface area (Å²) in [6, 6.07) is 5.26. The summed E-state index contributed by atoms with van der Waals surface area (Å²) in [5.41, 5.74) is 0.572. The average molecular weight is 418 g/mol. The summed E-state index contributed by atoms with van der Waals surface area (Å²) in [5, 5.41) is 3.03. The molecule has 2 heterocycles. The molecule has 0 bridgehead atoms. The topological polar surface area (TPSA) is 80.3 Å². The number of ether oxygens (including phenoxy) is 3. The van der Waals surface area contributed by atoms with Crippen molar-refractivity contribution >= 4 is 17.6 Å². The molecule has 1 atom stereocenters. The van der Waals surface area contributed by atoms with Crippen LogP contribution in [0.25, 0.3) is 0 Å². The van der Waals surface area contributed by atoms with Gasteiger partial charge in [-0.05, 0) is 44.2 Å². The summed E-state index contributed by atoms with van der Waals surface area (Å²) >= 11 is 0. The molecule has 1 aromatic rings. The highest BCUT2D eigenvalue weighted by Gasteiger charge is 2.41. The van der Waals surface area contributed by atoms with Crippen molar-refractivity contribution in [1.82, 2.24) is 9.80 Å². The Bertz CT molecular complexity index is 776. The number of nitrogens with zero attached hydrogens (tertiary/aromatic N) is 2. The zero-order valence-corrected chi connectivity index (χ0v) is 17.8. The van der Waals surface area contributed by atoms with Crippen LogP contribution in [-0.2, 0) is 9.53 Å². The normalized spacial score (nSPS) is 21.9. The summed E-state index contributed by atoms with van der Waals surface area (Å²) in [6.07, 6.45) is 4.41. The first-order chi connectivity index (χ1) is 14.6. The van der Waals surface area contributed by atoms with E-state index in [9.17, 15) is 9.59 Å². The fraction of sp³-hybridized carbons (Fsp3) is 0.636. The SMILES string of the molecule is COc1ccc(OC)c(NC(=O)N(C2CCOCC2)C2CCN(C(=O)C3CC3)C2)c1. The first-order valence-electron chi connectivity index (χ1n) is 10.8. The molecule has 164 valence electrons. The van der Waals surface area contributed by atoms with Gasteiger partial charge in [-0.1, -0.05) is 0 Å². The summed E-state index contributed by atoms with van der Waals surface area (Å²) in [7, 11) is 3.16. The van der Waals surface area contributed by atoms with Crippen LogP contribution in [0.4, 0.5) is 10.5 Å². The largest absolute Gasteiger partial charge is 0.497 e. The molecule has 8 nitrogen and oxygen atoms in total. The number of rotatable bonds is 6. The minimum Gasteiger partial charge on any atom is -0.497 e. The number of carbonyl (C=O) groups excluding carboxylic acids is 2. The van der Waals surface area contributed by atoms with Gasteiger partial charge in [0.25, 0.3) is 0 Å². The van der Waals surface area contributed by atoms with Crippen LogP contribution in [0.2, 0.25) is 0 Å². The fourth-order valence-electron chi connectivity index (χ4n) is 4.44. The molecule has 0 spiro atoms. The zero-order valence-electron chi connectivity index (χ0n) is 17.8. The monoisotopic (exact) mass is 417 g/mol. The molecule has 1 saturated carbocycles. The molecule has 1 aromatic carbocycles. The summed E-state index contributed by atoms with van der Waals surface area (Å²) in [6.45, 7) is 2.62. The third-order valence-corrected chi connectivity index (χ3v) is 6.26. The van der Waals surface area contributed by atoms with E-state index in [0.717, 1.165) is 38.6 Å². The Balaban J connectivity index is 1.52. The second-order valence-electron chi connectivity index (χ2n) is 8.25. The number of anilines is 1. The number of hydrogen-bond donors (Lipinski definition) is 1. The molecular weight excluding hydrogens is 386 g/mol. The summed E-state index contributed by atoms with van der Waals surface area (Å²) in [5.74, 6) is 1.67. The molecule has 4 rings (SSSR count). The van der Waals surface area contributed by atoms with E-state index in [1.54, 1.807) is 32.4 Å². The maximum absolute atomic E-state index is 13.5. The van der Waals surface area contributed by atoms with E-state index < -0.39 is 0 Å². The van der Waals surface area contributed by atoms with E-state index in [1.165, 1.54) is 0 Å². The molecule has 3 amide bonds. The van der Waals surface area contributed by atoms with Gasteiger partial charge in [0.2, 0.25) is 5.91 Å². The molecule has 3 aliphatic rings. The first kappa shape index (κ1) is 20.8. The van der Waals surface area contributed by atoms with Crippen LogP contribution in [0.5, 0.6) is 11.5 Å². The molecule has 1 aliphatic carbocycles. The van der Waals surface area contributed by atoms with Crippen molar-refractivity contribution < 1.29 is 23.8 Å². The van der Waals surface area contributed by atoms with E-state index in [0.29, 0.717) is 36.9 Å². The second kappa shape index (κ2) is 9.12. The Morgan fingerprint density at radius 3 is 2.50 bits per heavy atom. The van der Waals surface area contributed by atoms with E-state index in [1.807, 2.05) is 9.80 Å². The number of carbonyl (C=O) groups is 2. The standard InChI is InChI=1S/C22H31N3O5/c1-28-18-5-6-20(29-2)19(13-18)23-22(27)25(16-8-11-30-12-9-16)17-7-10-24(14-17)21(26)15-3-4-15/h5-6,13,15-17H,3-4,7-12,14H2,1-2H3,(H,23,27). The molecule has 0 aromatic heterocycles. The Hall–Kier alpha value is -2.48. The quantitative estimate of drug-likeness (QED) is 0.770. The predicted molar refractivity (Wildman–Crippen MR) is 112 cm³/mol. The number of likely N-dealkylation sites (tertiary alicyclic amines) is 1. The van der Waals surface area contributed by atoms with E-state index in [2.05, 4.69) is 5.32 Å². The van der Waals surface area contributed by atoms with Gasteiger partial charge in [0.05, 0.1) is 25.9 Å². The van der Waals surface area contributed by atoms with Crippen molar-refractivity contribution in [2.75, 3.05) is 45.8 Å². The highest BCUT2D eigenvalue weighted by atomic mass is 16.5. The molecule has 3 fully saturated rings. The van der Waals surface area contributed by atoms with Gasteiger partial charge in [-0.25, -0.2) is 4.79 Å². The number of amides is 3. The molecule has 8 heteroatoms. The van der Waals surface area contributed by atoms with Gasteiger partial charge in [0, 0.05) is 44.3 Å². The van der Waals surface area contributed by atoms with Crippen LogP contribution < -0.4 is 14.8 Å². The van der Waals surface area contributed by atoms with Gasteiger partial charge in [-0.15, -0.1) is 0 Å². The predicted octanol–water partition coefficient (Wildman–Crippen LogP) is 2.73. The van der Waals surface area contributed by atoms with Crippen LogP contribution in [0.1, 0.15) is 32.1 Å². The molecule has 2 saturated heterocycles. The van der Waals surface area contributed by atoms with E-state index in [4.69, 9.17) is 14.2 Å². The lowest BCUT2D eigenvalue weighted by molar-refractivity contribution is -0.131. The van der Waals surface area contributed by atoms with Crippen LogP contribution in [0.15, 0.2) is 18.2 Å². The van der Waals surface area contributed by atoms with E-state index >= 15 is 0 Å². The smallest absolute Gasteiger partial charge is 0.322 e. The first-order valence-corrected chi connectivity index (χ1v) is 10.8. The van der Waals surface area contributed by atoms with Crippen molar-refractivity contribution in [3.05, 3.63) is 18.2 Å². The van der Waals surface area contributed by atoms with Crippen molar-refractivity contribution in [2.45, 2.75) is 44.2 Å². The minimum atomic E-state index is -0.167. The van der Waals surface area contributed by atoms with Crippen molar-refractivity contribution in [1.29, 1.82) is 0 Å². The van der Waals surface area contributed by atoms with Crippen molar-refractivity contribution in [2.24, 2.45) is 5.92 Å². The Kier molecular flexibility index (Phi) is 6.32. The number of benzene rings is 1. The van der Waals surface area contributed by atoms with Crippen LogP contribution in [-0.4, -0.2) is 74.3 Å². The molecule has 1 unspecified atom stereocenters. The Morgan fingerprint density at radius 2 is 1.83 bits per heavy atom. The highest BCUT2D eigenvalue weighted by molar-refractivity contribution is 5.92. The van der Waals surface area contributed by atoms with Gasteiger partial charge in [-0.2, -0.15) is 0 Å². The number of nitrogens with one attached hydrogen (secondary N) is 1. The second-order valence-corrected chi connectivity index (χ2v) is 8.25. The minimum absolute atomic E-state index is 0.00685. The number of urea groups is 1. The van der Waals surface area contributed by atoms with Crippen LogP contribution in [0, 0.1) is 5.92 Å². The lowest BCUT2D eigenvalue weighted by Crippen LogP contribution is -2.52. The van der Waals surface area contributed by atoms with Crippen LogP contribution >= 0.6 is 0 Å². The lowest BCUT2D eigenvalue weighted by atomic mass is 10.0. The van der Waals surface area contributed by atoms with Crippen molar-refractivity contribution in [3.8, 4) is 11.5 Å². The summed E-state index contributed by atoms with van der Waals surface area (Å²) in [4.78, 5) is 29.9. The van der Waals surface area contributed by atoms with Gasteiger partial charge in [0.15, 0.2) is 0 Å². The number of methoxy groups -OCH3 is 2. The van der Waals surface area contributed by atoms with Crippen LogP contribution in [0.3, 0.4) is 0 Å². The third-order valence-electron chi connectivity index (χ3n) is 6.26. The fourth-order valence-corrected chi connectivity index (χ4v) is 4.44. The molecule has 0 radical (unpaired) electrons. The zero-order chi connectivity index (χ0) is 21.1. The van der Waals surface area contributed by atoms with Gasteiger partial charge in [-0.3, -0.25) is 4.79 Å². The third kappa shape index (κ3) is 4.48. The van der Waals surface area contributed by atoms with E-state index in [-0.39, 0.29) is 29.9 Å². The number of hydrogen-bond acceptors (Lipinski definition) is 5. The Morgan fingerprint density at radius 1 is 1.07 bits per heavy atom. The lowest BCUT2D eigenvalue weighted by Gasteiger charge is -2.38. The highest BCUT2D eigenvalue weighted by Crippen LogP contribution is 2.34. The van der Waals surface area contributed by atoms with Gasteiger partial charge < -0.3 is 29.3 Å².